The van der Waals surface area contributed by atoms with E-state index in [2.05, 4.69) is 0 Å². The first-order chi connectivity index (χ1) is 8.91. The average molecular weight is 281 g/mol. The molecular formula is C14H19NO3S. The van der Waals surface area contributed by atoms with Gasteiger partial charge < -0.3 is 0 Å². The minimum absolute atomic E-state index is 0.126. The number of sulfonamides is 1. The van der Waals surface area contributed by atoms with Gasteiger partial charge in [0.2, 0.25) is 10.0 Å². The van der Waals surface area contributed by atoms with Crippen LogP contribution in [0, 0.1) is 5.92 Å². The van der Waals surface area contributed by atoms with Gasteiger partial charge in [-0.2, -0.15) is 0 Å². The fourth-order valence-corrected chi connectivity index (χ4v) is 3.49. The maximum Gasteiger partial charge on any atom is 0.242 e. The van der Waals surface area contributed by atoms with Gasteiger partial charge >= 0.3 is 0 Å². The van der Waals surface area contributed by atoms with Crippen LogP contribution in [-0.4, -0.2) is 32.1 Å². The Balaban J connectivity index is 2.22. The van der Waals surface area contributed by atoms with E-state index in [0.717, 1.165) is 12.8 Å². The van der Waals surface area contributed by atoms with E-state index in [-0.39, 0.29) is 10.7 Å². The molecule has 0 spiro atoms. The molecule has 0 saturated heterocycles. The Bertz CT molecular complexity index is 576. The number of hydrogen-bond donors (Lipinski definition) is 0. The lowest BCUT2D eigenvalue weighted by molar-refractivity contribution is 0.101. The minimum atomic E-state index is -3.49. The highest BCUT2D eigenvalue weighted by Gasteiger charge is 2.26. The van der Waals surface area contributed by atoms with Gasteiger partial charge in [0.1, 0.15) is 0 Å². The molecule has 1 aliphatic carbocycles. The summed E-state index contributed by atoms with van der Waals surface area (Å²) in [4.78, 5) is 11.5. The Morgan fingerprint density at radius 3 is 2.58 bits per heavy atom. The van der Waals surface area contributed by atoms with Crippen molar-refractivity contribution in [3.05, 3.63) is 29.8 Å². The van der Waals surface area contributed by atoms with Crippen molar-refractivity contribution in [2.75, 3.05) is 13.6 Å². The standard InChI is InChI=1S/C14H19NO3S/c1-11(16)13-7-4-8-14(9-13)19(17,18)15(2)10-12-5-3-6-12/h4,7-9,12H,3,5-6,10H2,1-2H3. The molecular weight excluding hydrogens is 262 g/mol. The fraction of sp³-hybridized carbons (Fsp3) is 0.500. The van der Waals surface area contributed by atoms with Crippen LogP contribution in [0.1, 0.15) is 36.5 Å². The highest BCUT2D eigenvalue weighted by atomic mass is 32.2. The maximum atomic E-state index is 12.4. The van der Waals surface area contributed by atoms with Crippen LogP contribution >= 0.6 is 0 Å². The molecule has 0 heterocycles. The molecule has 0 aromatic heterocycles. The monoisotopic (exact) mass is 281 g/mol. The molecule has 0 bridgehead atoms. The van der Waals surface area contributed by atoms with Crippen molar-refractivity contribution in [1.82, 2.24) is 4.31 Å². The highest BCUT2D eigenvalue weighted by Crippen LogP contribution is 2.28. The quantitative estimate of drug-likeness (QED) is 0.778. The lowest BCUT2D eigenvalue weighted by Crippen LogP contribution is -2.34. The maximum absolute atomic E-state index is 12.4. The van der Waals surface area contributed by atoms with Crippen molar-refractivity contribution in [1.29, 1.82) is 0 Å². The minimum Gasteiger partial charge on any atom is -0.295 e. The van der Waals surface area contributed by atoms with E-state index in [1.807, 2.05) is 0 Å². The molecule has 2 rings (SSSR count). The summed E-state index contributed by atoms with van der Waals surface area (Å²) in [6.45, 7) is 2.00. The zero-order valence-electron chi connectivity index (χ0n) is 11.3. The van der Waals surface area contributed by atoms with Gasteiger partial charge in [0, 0.05) is 19.2 Å². The predicted molar refractivity (Wildman–Crippen MR) is 73.6 cm³/mol. The van der Waals surface area contributed by atoms with Crippen LogP contribution in [0.5, 0.6) is 0 Å². The van der Waals surface area contributed by atoms with E-state index >= 15 is 0 Å². The molecule has 0 N–H and O–H groups in total. The van der Waals surface area contributed by atoms with Crippen molar-refractivity contribution in [3.63, 3.8) is 0 Å². The topological polar surface area (TPSA) is 54.5 Å². The van der Waals surface area contributed by atoms with Crippen molar-refractivity contribution < 1.29 is 13.2 Å². The molecule has 0 atom stereocenters. The third-order valence-corrected chi connectivity index (χ3v) is 5.51. The Labute approximate surface area is 114 Å². The predicted octanol–water partition coefficient (Wildman–Crippen LogP) is 2.31. The van der Waals surface area contributed by atoms with Crippen LogP contribution in [0.4, 0.5) is 0 Å². The number of rotatable bonds is 5. The largest absolute Gasteiger partial charge is 0.295 e. The number of benzene rings is 1. The number of nitrogens with zero attached hydrogens (tertiary/aromatic N) is 1. The smallest absolute Gasteiger partial charge is 0.242 e. The number of carbonyl (C=O) groups excluding carboxylic acids is 1. The van der Waals surface area contributed by atoms with Crippen molar-refractivity contribution in [3.8, 4) is 0 Å². The van der Waals surface area contributed by atoms with E-state index in [4.69, 9.17) is 0 Å². The Kier molecular flexibility index (Phi) is 4.06. The third kappa shape index (κ3) is 3.04. The number of ketones is 1. The molecule has 1 saturated carbocycles. The summed E-state index contributed by atoms with van der Waals surface area (Å²) in [5.41, 5.74) is 0.429. The SMILES string of the molecule is CC(=O)c1cccc(S(=O)(=O)N(C)CC2CCC2)c1. The van der Waals surface area contributed by atoms with Gasteiger partial charge in [-0.15, -0.1) is 0 Å². The van der Waals surface area contributed by atoms with Crippen LogP contribution in [0.3, 0.4) is 0 Å². The average Bonchev–Trinajstić information content (AvgIpc) is 2.33. The van der Waals surface area contributed by atoms with Gasteiger partial charge in [0.05, 0.1) is 4.90 Å². The Hall–Kier alpha value is -1.20. The lowest BCUT2D eigenvalue weighted by atomic mass is 9.86. The molecule has 1 aliphatic rings. The summed E-state index contributed by atoms with van der Waals surface area (Å²) in [7, 11) is -1.88. The molecule has 5 heteroatoms. The summed E-state index contributed by atoms with van der Waals surface area (Å²) in [5.74, 6) is 0.356. The molecule has 0 unspecified atom stereocenters. The van der Waals surface area contributed by atoms with Gasteiger partial charge in [-0.05, 0) is 37.8 Å². The molecule has 1 aromatic carbocycles. The Morgan fingerprint density at radius 2 is 2.05 bits per heavy atom. The number of hydrogen-bond acceptors (Lipinski definition) is 3. The van der Waals surface area contributed by atoms with Crippen molar-refractivity contribution >= 4 is 15.8 Å². The first-order valence-electron chi connectivity index (χ1n) is 6.48. The number of Topliss-reactive ketones (excluding diaryl/α,β-unsaturated/α-hetero) is 1. The van der Waals surface area contributed by atoms with Gasteiger partial charge in [-0.1, -0.05) is 18.6 Å². The van der Waals surface area contributed by atoms with E-state index in [0.29, 0.717) is 18.0 Å². The second-order valence-corrected chi connectivity index (χ2v) is 7.21. The van der Waals surface area contributed by atoms with E-state index < -0.39 is 10.0 Å². The summed E-state index contributed by atoms with van der Waals surface area (Å²) in [6.07, 6.45) is 3.40. The normalized spacial score (nSPS) is 16.4. The van der Waals surface area contributed by atoms with Crippen LogP contribution in [0.2, 0.25) is 0 Å². The summed E-state index contributed by atoms with van der Waals surface area (Å²) < 4.78 is 26.2. The van der Waals surface area contributed by atoms with Crippen LogP contribution in [0.15, 0.2) is 29.2 Å². The summed E-state index contributed by atoms with van der Waals surface area (Å²) >= 11 is 0. The third-order valence-electron chi connectivity index (χ3n) is 3.69. The van der Waals surface area contributed by atoms with Gasteiger partial charge in [-0.25, -0.2) is 12.7 Å². The zero-order chi connectivity index (χ0) is 14.0. The Morgan fingerprint density at radius 1 is 1.37 bits per heavy atom. The molecule has 104 valence electrons. The van der Waals surface area contributed by atoms with Gasteiger partial charge in [0.15, 0.2) is 5.78 Å². The van der Waals surface area contributed by atoms with E-state index in [1.165, 1.54) is 23.7 Å². The molecule has 19 heavy (non-hydrogen) atoms. The molecule has 0 aliphatic heterocycles. The van der Waals surface area contributed by atoms with Crippen LogP contribution in [0.25, 0.3) is 0 Å². The van der Waals surface area contributed by atoms with Crippen LogP contribution in [-0.2, 0) is 10.0 Å². The first-order valence-corrected chi connectivity index (χ1v) is 7.92. The van der Waals surface area contributed by atoms with Crippen molar-refractivity contribution in [2.24, 2.45) is 5.92 Å². The number of carbonyl (C=O) groups is 1. The van der Waals surface area contributed by atoms with E-state index in [9.17, 15) is 13.2 Å². The molecule has 0 radical (unpaired) electrons. The van der Waals surface area contributed by atoms with Gasteiger partial charge in [-0.3, -0.25) is 4.79 Å². The van der Waals surface area contributed by atoms with Crippen molar-refractivity contribution in [2.45, 2.75) is 31.1 Å². The second kappa shape index (κ2) is 5.43. The summed E-state index contributed by atoms with van der Waals surface area (Å²) in [6, 6.07) is 6.24. The zero-order valence-corrected chi connectivity index (χ0v) is 12.1. The first kappa shape index (κ1) is 14.2. The molecule has 4 nitrogen and oxygen atoms in total. The molecule has 1 aromatic rings. The highest BCUT2D eigenvalue weighted by molar-refractivity contribution is 7.89. The fourth-order valence-electron chi connectivity index (χ4n) is 2.19. The molecule has 1 fully saturated rings. The van der Waals surface area contributed by atoms with Gasteiger partial charge in [0.25, 0.3) is 0 Å². The second-order valence-electron chi connectivity index (χ2n) is 5.17. The van der Waals surface area contributed by atoms with Crippen LogP contribution < -0.4 is 0 Å². The summed E-state index contributed by atoms with van der Waals surface area (Å²) in [5, 5.41) is 0. The van der Waals surface area contributed by atoms with E-state index in [1.54, 1.807) is 25.2 Å². The lowest BCUT2D eigenvalue weighted by Gasteiger charge is -2.29. The molecule has 0 amide bonds.